The van der Waals surface area contributed by atoms with Gasteiger partial charge < -0.3 is 10.3 Å². The quantitative estimate of drug-likeness (QED) is 0.772. The first-order valence-corrected chi connectivity index (χ1v) is 5.20. The number of pyridine rings is 1. The highest BCUT2D eigenvalue weighted by atomic mass is 16.2. The van der Waals surface area contributed by atoms with Gasteiger partial charge in [-0.15, -0.1) is 0 Å². The summed E-state index contributed by atoms with van der Waals surface area (Å²) in [5.74, 6) is 0.470. The number of aromatic nitrogens is 1. The lowest BCUT2D eigenvalue weighted by Crippen LogP contribution is -2.27. The van der Waals surface area contributed by atoms with Crippen LogP contribution in [0.2, 0.25) is 0 Å². The first-order valence-electron chi connectivity index (χ1n) is 5.20. The molecule has 4 nitrogen and oxygen atoms in total. The molecule has 0 bridgehead atoms. The maximum atomic E-state index is 11.6. The fourth-order valence-electron chi connectivity index (χ4n) is 1.71. The SMILES string of the molecule is CCC1CC1NC(=O)c1cc[nH]c(=O)c1. The van der Waals surface area contributed by atoms with Crippen LogP contribution in [0.15, 0.2) is 23.1 Å². The number of nitrogens with one attached hydrogen (secondary N) is 2. The Morgan fingerprint density at radius 2 is 2.47 bits per heavy atom. The molecule has 1 aliphatic carbocycles. The van der Waals surface area contributed by atoms with Gasteiger partial charge in [0.05, 0.1) is 0 Å². The zero-order chi connectivity index (χ0) is 10.8. The number of hydrogen-bond acceptors (Lipinski definition) is 2. The van der Waals surface area contributed by atoms with Crippen LogP contribution in [0.4, 0.5) is 0 Å². The highest BCUT2D eigenvalue weighted by Crippen LogP contribution is 2.33. The summed E-state index contributed by atoms with van der Waals surface area (Å²) in [5, 5.41) is 2.91. The molecule has 1 fully saturated rings. The Morgan fingerprint density at radius 3 is 3.07 bits per heavy atom. The summed E-state index contributed by atoms with van der Waals surface area (Å²) in [6, 6.07) is 3.24. The third-order valence-corrected chi connectivity index (χ3v) is 2.80. The summed E-state index contributed by atoms with van der Waals surface area (Å²) in [6.45, 7) is 2.12. The molecule has 0 spiro atoms. The van der Waals surface area contributed by atoms with Gasteiger partial charge in [-0.2, -0.15) is 0 Å². The van der Waals surface area contributed by atoms with Crippen molar-refractivity contribution in [2.75, 3.05) is 0 Å². The smallest absolute Gasteiger partial charge is 0.251 e. The summed E-state index contributed by atoms with van der Waals surface area (Å²) in [6.07, 6.45) is 3.65. The summed E-state index contributed by atoms with van der Waals surface area (Å²) >= 11 is 0. The Labute approximate surface area is 87.7 Å². The molecule has 0 saturated heterocycles. The predicted molar refractivity (Wildman–Crippen MR) is 56.7 cm³/mol. The molecule has 1 amide bonds. The molecule has 4 heteroatoms. The number of hydrogen-bond donors (Lipinski definition) is 2. The maximum Gasteiger partial charge on any atom is 0.251 e. The molecule has 0 aliphatic heterocycles. The second-order valence-electron chi connectivity index (χ2n) is 3.93. The van der Waals surface area contributed by atoms with Crippen molar-refractivity contribution in [2.45, 2.75) is 25.8 Å². The maximum absolute atomic E-state index is 11.6. The normalized spacial score (nSPS) is 23.5. The number of amides is 1. The van der Waals surface area contributed by atoms with Crippen molar-refractivity contribution in [1.29, 1.82) is 0 Å². The van der Waals surface area contributed by atoms with Crippen molar-refractivity contribution >= 4 is 5.91 Å². The van der Waals surface area contributed by atoms with E-state index in [1.54, 1.807) is 6.07 Å². The Hall–Kier alpha value is -1.58. The van der Waals surface area contributed by atoms with Crippen LogP contribution in [0.3, 0.4) is 0 Å². The molecular weight excluding hydrogens is 192 g/mol. The molecule has 2 unspecified atom stereocenters. The lowest BCUT2D eigenvalue weighted by atomic mass is 10.2. The molecule has 80 valence electrons. The fraction of sp³-hybridized carbons (Fsp3) is 0.455. The Morgan fingerprint density at radius 1 is 1.67 bits per heavy atom. The number of carbonyl (C=O) groups is 1. The standard InChI is InChI=1S/C11H14N2O2/c1-2-7-5-9(7)13-11(15)8-3-4-12-10(14)6-8/h3-4,6-7,9H,2,5H2,1H3,(H,12,14)(H,13,15). The minimum atomic E-state index is -0.245. The molecule has 15 heavy (non-hydrogen) atoms. The molecule has 1 aromatic rings. The summed E-state index contributed by atoms with van der Waals surface area (Å²) in [5.41, 5.74) is 0.186. The second kappa shape index (κ2) is 3.88. The van der Waals surface area contributed by atoms with Crippen LogP contribution in [0, 0.1) is 5.92 Å². The highest BCUT2D eigenvalue weighted by Gasteiger charge is 2.36. The van der Waals surface area contributed by atoms with Crippen LogP contribution < -0.4 is 10.9 Å². The van der Waals surface area contributed by atoms with E-state index in [-0.39, 0.29) is 11.5 Å². The number of carbonyl (C=O) groups excluding carboxylic acids is 1. The Kier molecular flexibility index (Phi) is 2.58. The molecule has 0 aromatic carbocycles. The van der Waals surface area contributed by atoms with E-state index < -0.39 is 0 Å². The van der Waals surface area contributed by atoms with Gasteiger partial charge in [0.15, 0.2) is 0 Å². The van der Waals surface area contributed by atoms with Crippen molar-refractivity contribution in [3.05, 3.63) is 34.2 Å². The average Bonchev–Trinajstić information content (AvgIpc) is 2.96. The molecule has 2 atom stereocenters. The van der Waals surface area contributed by atoms with Crippen LogP contribution in [-0.2, 0) is 0 Å². The van der Waals surface area contributed by atoms with Crippen molar-refractivity contribution in [2.24, 2.45) is 5.92 Å². The first-order chi connectivity index (χ1) is 7.20. The minimum Gasteiger partial charge on any atom is -0.349 e. The third-order valence-electron chi connectivity index (χ3n) is 2.80. The van der Waals surface area contributed by atoms with E-state index in [0.717, 1.165) is 12.8 Å². The van der Waals surface area contributed by atoms with Crippen LogP contribution in [0.25, 0.3) is 0 Å². The van der Waals surface area contributed by atoms with Crippen LogP contribution in [0.1, 0.15) is 30.1 Å². The number of rotatable bonds is 3. The van der Waals surface area contributed by atoms with Gasteiger partial charge in [0.25, 0.3) is 5.91 Å². The summed E-state index contributed by atoms with van der Waals surface area (Å²) in [4.78, 5) is 25.1. The van der Waals surface area contributed by atoms with Gasteiger partial charge in [0.1, 0.15) is 0 Å². The van der Waals surface area contributed by atoms with Gasteiger partial charge >= 0.3 is 0 Å². The molecular formula is C11H14N2O2. The molecule has 1 aliphatic rings. The van der Waals surface area contributed by atoms with Crippen molar-refractivity contribution in [3.8, 4) is 0 Å². The lowest BCUT2D eigenvalue weighted by molar-refractivity contribution is 0.0948. The lowest BCUT2D eigenvalue weighted by Gasteiger charge is -2.02. The minimum absolute atomic E-state index is 0.151. The first kappa shape index (κ1) is 9.96. The Bertz CT molecular complexity index is 425. The zero-order valence-electron chi connectivity index (χ0n) is 8.62. The average molecular weight is 206 g/mol. The van der Waals surface area contributed by atoms with Crippen molar-refractivity contribution < 1.29 is 4.79 Å². The number of H-pyrrole nitrogens is 1. The monoisotopic (exact) mass is 206 g/mol. The summed E-state index contributed by atoms with van der Waals surface area (Å²) < 4.78 is 0. The largest absolute Gasteiger partial charge is 0.349 e. The molecule has 1 saturated carbocycles. The highest BCUT2D eigenvalue weighted by molar-refractivity contribution is 5.94. The molecule has 0 radical (unpaired) electrons. The van der Waals surface area contributed by atoms with Crippen LogP contribution >= 0.6 is 0 Å². The molecule has 2 N–H and O–H groups in total. The van der Waals surface area contributed by atoms with Crippen molar-refractivity contribution in [3.63, 3.8) is 0 Å². The van der Waals surface area contributed by atoms with Gasteiger partial charge in [0, 0.05) is 23.9 Å². The molecule has 1 heterocycles. The van der Waals surface area contributed by atoms with Gasteiger partial charge in [-0.1, -0.05) is 13.3 Å². The van der Waals surface area contributed by atoms with E-state index in [1.807, 2.05) is 0 Å². The Balaban J connectivity index is 2.00. The van der Waals surface area contributed by atoms with Crippen LogP contribution in [0.5, 0.6) is 0 Å². The molecule has 1 aromatic heterocycles. The van der Waals surface area contributed by atoms with E-state index >= 15 is 0 Å². The van der Waals surface area contributed by atoms with E-state index in [2.05, 4.69) is 17.2 Å². The van der Waals surface area contributed by atoms with Gasteiger partial charge in [-0.05, 0) is 18.4 Å². The predicted octanol–water partition coefficient (Wildman–Crippen LogP) is 0.903. The van der Waals surface area contributed by atoms with Gasteiger partial charge in [-0.25, -0.2) is 0 Å². The van der Waals surface area contributed by atoms with Gasteiger partial charge in [-0.3, -0.25) is 9.59 Å². The zero-order valence-corrected chi connectivity index (χ0v) is 8.62. The van der Waals surface area contributed by atoms with E-state index in [4.69, 9.17) is 0 Å². The summed E-state index contributed by atoms with van der Waals surface area (Å²) in [7, 11) is 0. The van der Waals surface area contributed by atoms with Crippen molar-refractivity contribution in [1.82, 2.24) is 10.3 Å². The van der Waals surface area contributed by atoms with E-state index in [9.17, 15) is 9.59 Å². The molecule has 2 rings (SSSR count). The topological polar surface area (TPSA) is 62.0 Å². The number of aromatic amines is 1. The fourth-order valence-corrected chi connectivity index (χ4v) is 1.71. The van der Waals surface area contributed by atoms with E-state index in [0.29, 0.717) is 17.5 Å². The van der Waals surface area contributed by atoms with Gasteiger partial charge in [0.2, 0.25) is 5.56 Å². The second-order valence-corrected chi connectivity index (χ2v) is 3.93. The van der Waals surface area contributed by atoms with Crippen LogP contribution in [-0.4, -0.2) is 16.9 Å². The third kappa shape index (κ3) is 2.26. The van der Waals surface area contributed by atoms with E-state index in [1.165, 1.54) is 12.3 Å².